The minimum Gasteiger partial charge on any atom is -0.503 e. The van der Waals surface area contributed by atoms with Crippen molar-refractivity contribution >= 4 is 128 Å². The van der Waals surface area contributed by atoms with Crippen LogP contribution in [-0.4, -0.2) is 20.2 Å². The highest BCUT2D eigenvalue weighted by Gasteiger charge is 2.16. The van der Waals surface area contributed by atoms with E-state index >= 15 is 0 Å². The molecule has 8 nitrogen and oxygen atoms in total. The number of hydrogen-bond acceptors (Lipinski definition) is 6. The predicted molar refractivity (Wildman–Crippen MR) is 164 cm³/mol. The Labute approximate surface area is 246 Å². The lowest BCUT2D eigenvalue weighted by Crippen LogP contribution is -2.04. The molecule has 0 bridgehead atoms. The number of fused-ring (bicyclic) bond motifs is 2. The fourth-order valence-corrected chi connectivity index (χ4v) is 6.90. The monoisotopic (exact) mass is 960 g/mol. The fraction of sp³-hybridized carbons (Fsp3) is 0. The second-order valence-electron chi connectivity index (χ2n) is 6.36. The zero-order valence-electron chi connectivity index (χ0n) is 15.8. The summed E-state index contributed by atoms with van der Waals surface area (Å²) in [6.45, 7) is 0. The Bertz CT molecular complexity index is 1690. The summed E-state index contributed by atoms with van der Waals surface area (Å²) in [4.78, 5) is 51.5. The van der Waals surface area contributed by atoms with Gasteiger partial charge in [0, 0.05) is 27.3 Å². The van der Waals surface area contributed by atoms with Gasteiger partial charge >= 0.3 is 0 Å². The first kappa shape index (κ1) is 26.8. The minimum absolute atomic E-state index is 0.343. The van der Waals surface area contributed by atoms with Crippen molar-refractivity contribution in [3.63, 3.8) is 0 Å². The van der Waals surface area contributed by atoms with Crippen molar-refractivity contribution in [2.75, 3.05) is 0 Å². The molecule has 170 valence electrons. The summed E-state index contributed by atoms with van der Waals surface area (Å²) < 4.78 is 4.11. The van der Waals surface area contributed by atoms with Crippen LogP contribution in [0.4, 0.5) is 0 Å². The molecule has 0 amide bonds. The Morgan fingerprint density at radius 3 is 1.82 bits per heavy atom. The smallest absolute Gasteiger partial charge is 0.290 e. The highest BCUT2D eigenvalue weighted by molar-refractivity contribution is 14.1. The molecule has 2 heterocycles. The molecule has 0 fully saturated rings. The molecule has 0 saturated heterocycles. The third kappa shape index (κ3) is 5.56. The van der Waals surface area contributed by atoms with E-state index in [0.717, 1.165) is 26.4 Å². The van der Waals surface area contributed by atoms with Gasteiger partial charge in [-0.25, -0.2) is 0 Å². The van der Waals surface area contributed by atoms with Crippen LogP contribution < -0.4 is 22.0 Å². The number of nitrogens with one attached hydrogen (secondary N) is 2. The molecule has 33 heavy (non-hydrogen) atoms. The molecule has 4 aromatic rings. The molecule has 0 aliphatic heterocycles. The van der Waals surface area contributed by atoms with Gasteiger partial charge in [-0.05, 0) is 118 Å². The highest BCUT2D eigenvalue weighted by Crippen LogP contribution is 2.31. The van der Waals surface area contributed by atoms with E-state index in [1.165, 1.54) is 0 Å². The maximum absolute atomic E-state index is 12.1. The molecule has 13 heteroatoms. The number of aromatic nitrogens is 2. The van der Waals surface area contributed by atoms with Crippen LogP contribution in [0.2, 0.25) is 0 Å². The predicted octanol–water partition coefficient (Wildman–Crippen LogP) is 4.37. The summed E-state index contributed by atoms with van der Waals surface area (Å²) in [5.41, 5.74) is -1.25. The van der Waals surface area contributed by atoms with Crippen LogP contribution in [0.15, 0.2) is 54.0 Å². The normalized spacial score (nSPS) is 10.7. The first-order valence-electron chi connectivity index (χ1n) is 8.61. The zero-order chi connectivity index (χ0) is 24.6. The van der Waals surface area contributed by atoms with Crippen LogP contribution in [0.1, 0.15) is 0 Å². The van der Waals surface area contributed by atoms with Crippen molar-refractivity contribution in [1.82, 2.24) is 9.97 Å². The van der Waals surface area contributed by atoms with Crippen molar-refractivity contribution < 1.29 is 10.2 Å². The third-order valence-electron chi connectivity index (χ3n) is 4.26. The van der Waals surface area contributed by atoms with E-state index in [9.17, 15) is 29.4 Å². The van der Waals surface area contributed by atoms with Gasteiger partial charge in [-0.2, -0.15) is 0 Å². The Balaban J connectivity index is 0.000000189. The molecule has 2 aromatic carbocycles. The third-order valence-corrected chi connectivity index (χ3v) is 12.3. The van der Waals surface area contributed by atoms with E-state index in [1.54, 1.807) is 18.2 Å². The van der Waals surface area contributed by atoms with Crippen molar-refractivity contribution in [3.05, 3.63) is 90.2 Å². The number of H-pyrrole nitrogens is 2. The molecule has 4 N–H and O–H groups in total. The average Bonchev–Trinajstić information content (AvgIpc) is 2.94. The van der Waals surface area contributed by atoms with Crippen LogP contribution in [0.5, 0.6) is 11.5 Å². The maximum atomic E-state index is 12.1. The molecule has 2 aromatic heterocycles. The Kier molecular flexibility index (Phi) is 8.82. The van der Waals surface area contributed by atoms with Gasteiger partial charge in [0.05, 0.1) is 25.4 Å². The fourth-order valence-electron chi connectivity index (χ4n) is 2.75. The van der Waals surface area contributed by atoms with Gasteiger partial charge in [0.15, 0.2) is 22.4 Å². The summed E-state index contributed by atoms with van der Waals surface area (Å²) in [5, 5.41) is 19.4. The largest absolute Gasteiger partial charge is 0.503 e. The van der Waals surface area contributed by atoms with Crippen LogP contribution in [-0.2, 0) is 0 Å². The molecule has 0 aliphatic rings. The van der Waals surface area contributed by atoms with Gasteiger partial charge in [-0.1, -0.05) is 6.07 Å². The number of benzene rings is 2. The number of aromatic amines is 2. The van der Waals surface area contributed by atoms with Crippen LogP contribution >= 0.6 is 106 Å². The number of hydrogen-bond donors (Lipinski definition) is 4. The van der Waals surface area contributed by atoms with Crippen LogP contribution in [0.3, 0.4) is 0 Å². The lowest BCUT2D eigenvalue weighted by molar-refractivity contribution is 0.467. The first-order chi connectivity index (χ1) is 15.4. The lowest BCUT2D eigenvalue weighted by atomic mass is 10.2. The molecule has 4 rings (SSSR count). The standard InChI is InChI=1S/C10H6BrNO3.C10H3I4NO3/c11-5-2-1-3-6-9(5)7(13)4-8(14)10(15)12-6;11-5-4-2(16)1-3(17)10(18)15-9(4)8(14)7(13)6(5)12/h1-4,14H,(H,12,15);1,17H,(H,15,18). The van der Waals surface area contributed by atoms with Gasteiger partial charge in [0.25, 0.3) is 11.1 Å². The summed E-state index contributed by atoms with van der Waals surface area (Å²) in [5.74, 6) is -1.14. The summed E-state index contributed by atoms with van der Waals surface area (Å²) >= 11 is 11.7. The molecule has 0 aliphatic carbocycles. The first-order valence-corrected chi connectivity index (χ1v) is 13.7. The van der Waals surface area contributed by atoms with Crippen molar-refractivity contribution in [3.8, 4) is 11.5 Å². The average molecular weight is 961 g/mol. The summed E-state index contributed by atoms with van der Waals surface area (Å²) in [6, 6.07) is 6.86. The SMILES string of the molecule is O=c1[nH]c2c(I)c(I)c(I)c(I)c2c(=O)cc1O.O=c1[nH]c2cccc(Br)c2c(=O)cc1O. The maximum Gasteiger partial charge on any atom is 0.290 e. The van der Waals surface area contributed by atoms with E-state index in [-0.39, 0.29) is 5.43 Å². The van der Waals surface area contributed by atoms with Crippen molar-refractivity contribution in [1.29, 1.82) is 0 Å². The number of aromatic hydroxyl groups is 2. The summed E-state index contributed by atoms with van der Waals surface area (Å²) in [7, 11) is 0. The minimum atomic E-state index is -0.680. The highest BCUT2D eigenvalue weighted by atomic mass is 127. The molecular formula is C20H9BrI4N2O6. The van der Waals surface area contributed by atoms with Crippen molar-refractivity contribution in [2.45, 2.75) is 0 Å². The molecular weight excluding hydrogens is 952 g/mol. The van der Waals surface area contributed by atoms with E-state index in [4.69, 9.17) is 0 Å². The second-order valence-corrected chi connectivity index (χ2v) is 11.5. The van der Waals surface area contributed by atoms with Crippen LogP contribution in [0, 0.1) is 14.3 Å². The molecule has 0 atom stereocenters. The Morgan fingerprint density at radius 2 is 1.21 bits per heavy atom. The second kappa shape index (κ2) is 10.9. The molecule has 0 radical (unpaired) electrons. The van der Waals surface area contributed by atoms with Gasteiger partial charge in [-0.3, -0.25) is 19.2 Å². The van der Waals surface area contributed by atoms with Gasteiger partial charge < -0.3 is 20.2 Å². The summed E-state index contributed by atoms with van der Waals surface area (Å²) in [6.07, 6.45) is 0. The van der Waals surface area contributed by atoms with Gasteiger partial charge in [0.2, 0.25) is 0 Å². The quantitative estimate of drug-likeness (QED) is 0.117. The van der Waals surface area contributed by atoms with Crippen molar-refractivity contribution in [2.24, 2.45) is 0 Å². The molecule has 0 spiro atoms. The Morgan fingerprint density at radius 1 is 0.697 bits per heavy atom. The molecule has 0 saturated carbocycles. The van der Waals surface area contributed by atoms with E-state index in [2.05, 4.69) is 116 Å². The number of halogens is 5. The Hall–Kier alpha value is -0.800. The topological polar surface area (TPSA) is 140 Å². The van der Waals surface area contributed by atoms with Crippen LogP contribution in [0.25, 0.3) is 21.8 Å². The molecule has 0 unspecified atom stereocenters. The van der Waals surface area contributed by atoms with Gasteiger partial charge in [0.1, 0.15) is 0 Å². The lowest BCUT2D eigenvalue weighted by Gasteiger charge is -2.06. The van der Waals surface area contributed by atoms with Gasteiger partial charge in [-0.15, -0.1) is 0 Å². The van der Waals surface area contributed by atoms with E-state index in [0.29, 0.717) is 26.3 Å². The number of rotatable bonds is 0. The zero-order valence-corrected chi connectivity index (χ0v) is 26.0. The van der Waals surface area contributed by atoms with E-state index in [1.807, 2.05) is 0 Å². The van der Waals surface area contributed by atoms with E-state index < -0.39 is 28.0 Å².